The van der Waals surface area contributed by atoms with Gasteiger partial charge in [0.15, 0.2) is 0 Å². The first-order chi connectivity index (χ1) is 16.4. The summed E-state index contributed by atoms with van der Waals surface area (Å²) >= 11 is 0. The number of hydrazine groups is 1. The molecule has 8 heteroatoms. The molecule has 0 unspecified atom stereocenters. The number of aromatic hydroxyl groups is 1. The fourth-order valence-corrected chi connectivity index (χ4v) is 4.07. The lowest BCUT2D eigenvalue weighted by Gasteiger charge is -2.34. The topological polar surface area (TPSA) is 125 Å². The van der Waals surface area contributed by atoms with Crippen LogP contribution in [0.1, 0.15) is 55.9 Å². The number of benzene rings is 2. The van der Waals surface area contributed by atoms with Crippen molar-refractivity contribution in [1.29, 1.82) is 0 Å². The Morgan fingerprint density at radius 1 is 1.09 bits per heavy atom. The molecular weight excluding hydrogens is 444 g/mol. The number of aryl methyl sites for hydroxylation is 3. The lowest BCUT2D eigenvalue weighted by atomic mass is 9.95. The van der Waals surface area contributed by atoms with Gasteiger partial charge in [-0.1, -0.05) is 30.3 Å². The molecule has 0 heterocycles. The maximum absolute atomic E-state index is 12.9. The number of phenolic OH excluding ortho intramolecular Hbond substituents is 1. The second-order valence-electron chi connectivity index (χ2n) is 9.73. The Balaban J connectivity index is 1.98. The first kappa shape index (κ1) is 27.9. The van der Waals surface area contributed by atoms with Gasteiger partial charge in [0, 0.05) is 13.3 Å². The summed E-state index contributed by atoms with van der Waals surface area (Å²) in [5.41, 5.74) is 11.7. The molecule has 5 N–H and O–H groups in total. The Labute approximate surface area is 207 Å². The average Bonchev–Trinajstić information content (AvgIpc) is 2.75. The number of hydrogen-bond acceptors (Lipinski definition) is 5. The van der Waals surface area contributed by atoms with Crippen LogP contribution in [0.5, 0.6) is 5.75 Å². The number of nitrogens with zero attached hydrogens (tertiary/aromatic N) is 1. The van der Waals surface area contributed by atoms with Crippen molar-refractivity contribution in [2.75, 3.05) is 6.54 Å². The summed E-state index contributed by atoms with van der Waals surface area (Å²) in [6, 6.07) is 12.4. The number of nitrogens with one attached hydrogen (secondary N) is 2. The van der Waals surface area contributed by atoms with Crippen LogP contribution in [-0.4, -0.2) is 46.0 Å². The summed E-state index contributed by atoms with van der Waals surface area (Å²) in [7, 11) is 0. The van der Waals surface area contributed by atoms with Crippen molar-refractivity contribution in [2.24, 2.45) is 5.73 Å². The summed E-state index contributed by atoms with van der Waals surface area (Å²) in [4.78, 5) is 37.5. The van der Waals surface area contributed by atoms with E-state index in [9.17, 15) is 19.5 Å². The maximum atomic E-state index is 12.9. The minimum Gasteiger partial charge on any atom is -0.508 e. The van der Waals surface area contributed by atoms with Crippen molar-refractivity contribution in [3.8, 4) is 5.75 Å². The number of carbonyl (C=O) groups excluding carboxylic acids is 3. The number of hydrogen-bond donors (Lipinski definition) is 4. The van der Waals surface area contributed by atoms with E-state index < -0.39 is 11.6 Å². The zero-order chi connectivity index (χ0) is 26.2. The zero-order valence-electron chi connectivity index (χ0n) is 21.4. The third-order valence-electron chi connectivity index (χ3n) is 5.75. The van der Waals surface area contributed by atoms with E-state index in [4.69, 9.17) is 5.73 Å². The van der Waals surface area contributed by atoms with Crippen LogP contribution >= 0.6 is 0 Å². The van der Waals surface area contributed by atoms with Gasteiger partial charge in [0.2, 0.25) is 17.7 Å². The quantitative estimate of drug-likeness (QED) is 0.388. The van der Waals surface area contributed by atoms with Gasteiger partial charge < -0.3 is 16.2 Å². The summed E-state index contributed by atoms with van der Waals surface area (Å²) in [6.07, 6.45) is 1.97. The van der Waals surface area contributed by atoms with Gasteiger partial charge in [-0.05, 0) is 81.3 Å². The van der Waals surface area contributed by atoms with Gasteiger partial charge in [-0.25, -0.2) is 0 Å². The molecule has 2 rings (SSSR count). The van der Waals surface area contributed by atoms with Crippen molar-refractivity contribution in [2.45, 2.75) is 71.9 Å². The largest absolute Gasteiger partial charge is 0.508 e. The van der Waals surface area contributed by atoms with E-state index in [1.807, 2.05) is 44.2 Å². The van der Waals surface area contributed by atoms with Crippen LogP contribution in [0.25, 0.3) is 0 Å². The minimum atomic E-state index is -0.842. The molecule has 1 atom stereocenters. The highest BCUT2D eigenvalue weighted by molar-refractivity contribution is 5.83. The van der Waals surface area contributed by atoms with Crippen LogP contribution in [0.4, 0.5) is 0 Å². The van der Waals surface area contributed by atoms with Crippen molar-refractivity contribution < 1.29 is 19.5 Å². The van der Waals surface area contributed by atoms with Crippen molar-refractivity contribution in [3.63, 3.8) is 0 Å². The predicted octanol–water partition coefficient (Wildman–Crippen LogP) is 2.68. The molecule has 0 radical (unpaired) electrons. The number of rotatable bonds is 10. The van der Waals surface area contributed by atoms with Crippen LogP contribution in [0, 0.1) is 13.8 Å². The molecule has 190 valence electrons. The standard InChI is InChI=1S/C27H38N4O4/c1-18-14-22(33)15-19(2)23(18)16-24(28)26(35)29-27(4,5)17-31(30-20(3)32)25(34)13-9-12-21-10-7-6-8-11-21/h6-8,10-11,14-15,24,33H,9,12-13,16-17,28H2,1-5H3,(H,29,35)(H,30,32)/t24-/m0/s1. The Hall–Kier alpha value is -3.39. The van der Waals surface area contributed by atoms with Gasteiger partial charge in [-0.3, -0.25) is 24.8 Å². The normalized spacial score (nSPS) is 12.1. The Kier molecular flexibility index (Phi) is 9.83. The third-order valence-corrected chi connectivity index (χ3v) is 5.75. The fourth-order valence-electron chi connectivity index (χ4n) is 4.07. The number of carbonyl (C=O) groups is 3. The Morgan fingerprint density at radius 3 is 2.26 bits per heavy atom. The molecule has 0 bridgehead atoms. The molecule has 0 aliphatic carbocycles. The van der Waals surface area contributed by atoms with Gasteiger partial charge in [-0.2, -0.15) is 0 Å². The summed E-state index contributed by atoms with van der Waals surface area (Å²) in [6.45, 7) is 8.72. The van der Waals surface area contributed by atoms with Crippen LogP contribution < -0.4 is 16.5 Å². The van der Waals surface area contributed by atoms with Crippen molar-refractivity contribution >= 4 is 17.7 Å². The summed E-state index contributed by atoms with van der Waals surface area (Å²) in [5, 5.41) is 13.9. The molecule has 3 amide bonds. The van der Waals surface area contributed by atoms with E-state index in [1.165, 1.54) is 11.9 Å². The van der Waals surface area contributed by atoms with Crippen LogP contribution in [0.3, 0.4) is 0 Å². The van der Waals surface area contributed by atoms with Gasteiger partial charge in [0.1, 0.15) is 5.75 Å². The average molecular weight is 483 g/mol. The first-order valence-corrected chi connectivity index (χ1v) is 11.9. The predicted molar refractivity (Wildman–Crippen MR) is 136 cm³/mol. The third kappa shape index (κ3) is 9.05. The lowest BCUT2D eigenvalue weighted by Crippen LogP contribution is -2.59. The molecular formula is C27H38N4O4. The minimum absolute atomic E-state index is 0.0898. The van der Waals surface area contributed by atoms with E-state index >= 15 is 0 Å². The smallest absolute Gasteiger partial charge is 0.241 e. The molecule has 35 heavy (non-hydrogen) atoms. The molecule has 0 spiro atoms. The second kappa shape index (κ2) is 12.4. The second-order valence-corrected chi connectivity index (χ2v) is 9.73. The highest BCUT2D eigenvalue weighted by atomic mass is 16.3. The summed E-state index contributed by atoms with van der Waals surface area (Å²) in [5.74, 6) is -0.771. The molecule has 0 saturated heterocycles. The summed E-state index contributed by atoms with van der Waals surface area (Å²) < 4.78 is 0. The maximum Gasteiger partial charge on any atom is 0.241 e. The zero-order valence-corrected chi connectivity index (χ0v) is 21.4. The van der Waals surface area contributed by atoms with Gasteiger partial charge in [0.05, 0.1) is 18.1 Å². The Morgan fingerprint density at radius 2 is 1.69 bits per heavy atom. The van der Waals surface area contributed by atoms with E-state index in [0.29, 0.717) is 12.8 Å². The molecule has 0 aromatic heterocycles. The molecule has 0 saturated carbocycles. The van der Waals surface area contributed by atoms with Gasteiger partial charge in [0.25, 0.3) is 0 Å². The number of amides is 3. The monoisotopic (exact) mass is 482 g/mol. The lowest BCUT2D eigenvalue weighted by molar-refractivity contribution is -0.142. The molecule has 0 aliphatic heterocycles. The molecule has 0 fully saturated rings. The Bertz CT molecular complexity index is 1010. The van der Waals surface area contributed by atoms with E-state index in [2.05, 4.69) is 10.7 Å². The molecule has 0 aliphatic rings. The molecule has 2 aromatic carbocycles. The number of nitrogens with two attached hydrogens (primary N) is 1. The van der Waals surface area contributed by atoms with Gasteiger partial charge >= 0.3 is 0 Å². The molecule has 2 aromatic rings. The first-order valence-electron chi connectivity index (χ1n) is 11.9. The van der Waals surface area contributed by atoms with Crippen LogP contribution in [-0.2, 0) is 27.2 Å². The van der Waals surface area contributed by atoms with E-state index in [0.717, 1.165) is 28.7 Å². The highest BCUT2D eigenvalue weighted by Crippen LogP contribution is 2.22. The van der Waals surface area contributed by atoms with Crippen LogP contribution in [0.2, 0.25) is 0 Å². The molecule has 8 nitrogen and oxygen atoms in total. The SMILES string of the molecule is CC(=O)NN(CC(C)(C)NC(=O)[C@@H](N)Cc1c(C)cc(O)cc1C)C(=O)CCCc1ccccc1. The highest BCUT2D eigenvalue weighted by Gasteiger charge is 2.29. The number of phenols is 1. The van der Waals surface area contributed by atoms with Crippen molar-refractivity contribution in [3.05, 3.63) is 64.7 Å². The van der Waals surface area contributed by atoms with Crippen LogP contribution in [0.15, 0.2) is 42.5 Å². The van der Waals surface area contributed by atoms with E-state index in [1.54, 1.807) is 26.0 Å². The van der Waals surface area contributed by atoms with Gasteiger partial charge in [-0.15, -0.1) is 0 Å². The fraction of sp³-hybridized carbons (Fsp3) is 0.444. The van der Waals surface area contributed by atoms with Crippen molar-refractivity contribution in [1.82, 2.24) is 15.8 Å². The van der Waals surface area contributed by atoms with E-state index in [-0.39, 0.29) is 36.4 Å².